The van der Waals surface area contributed by atoms with Crippen molar-refractivity contribution >= 4 is 53.8 Å². The third-order valence-electron chi connectivity index (χ3n) is 6.95. The van der Waals surface area contributed by atoms with Gasteiger partial charge in [-0.05, 0) is 78.9 Å². The number of sulfonamides is 2. The average Bonchev–Trinajstić information content (AvgIpc) is 2.98. The Bertz CT molecular complexity index is 1970. The number of nitrogens with zero attached hydrogens (tertiary/aromatic N) is 1. The van der Waals surface area contributed by atoms with Crippen LogP contribution in [0.25, 0.3) is 10.8 Å². The lowest BCUT2D eigenvalue weighted by molar-refractivity contribution is -0.114. The van der Waals surface area contributed by atoms with Crippen LogP contribution in [0.3, 0.4) is 0 Å². The lowest BCUT2D eigenvalue weighted by Crippen LogP contribution is -2.38. The zero-order valence-corrected chi connectivity index (χ0v) is 24.6. The van der Waals surface area contributed by atoms with E-state index in [2.05, 4.69) is 10.0 Å². The Labute approximate surface area is 245 Å². The molecule has 0 spiro atoms. The molecule has 214 valence electrons. The Morgan fingerprint density at radius 3 is 2.07 bits per heavy atom. The van der Waals surface area contributed by atoms with Gasteiger partial charge in [0.15, 0.2) is 0 Å². The van der Waals surface area contributed by atoms with Gasteiger partial charge in [-0.3, -0.25) is 13.8 Å². The average molecular weight is 600 g/mol. The van der Waals surface area contributed by atoms with Gasteiger partial charge in [-0.1, -0.05) is 66.7 Å². The molecule has 2 N–H and O–H groups in total. The fourth-order valence-electron chi connectivity index (χ4n) is 4.59. The monoisotopic (exact) mass is 599 g/mol. The summed E-state index contributed by atoms with van der Waals surface area (Å²) >= 11 is 0. The number of amides is 1. The highest BCUT2D eigenvalue weighted by Gasteiger charge is 2.28. The molecule has 0 aliphatic heterocycles. The summed E-state index contributed by atoms with van der Waals surface area (Å²) in [5.41, 5.74) is 2.79. The zero-order valence-electron chi connectivity index (χ0n) is 23.0. The Morgan fingerprint density at radius 2 is 1.33 bits per heavy atom. The number of anilines is 3. The molecule has 42 heavy (non-hydrogen) atoms. The molecule has 0 saturated heterocycles. The number of nitrogens with one attached hydrogen (secondary N) is 2. The van der Waals surface area contributed by atoms with Crippen molar-refractivity contribution in [2.75, 3.05) is 20.9 Å². The SMILES string of the molecule is Cc1cccc(N(CC(=O)Nc2ccc(S(=O)(=O)Nc3cccc4ccccc34)cc2)S(=O)(=O)c2ccccc2)c1C. The highest BCUT2D eigenvalue weighted by Crippen LogP contribution is 2.29. The van der Waals surface area contributed by atoms with E-state index in [1.807, 2.05) is 50.2 Å². The number of hydrogen-bond donors (Lipinski definition) is 2. The maximum absolute atomic E-state index is 13.6. The van der Waals surface area contributed by atoms with Crippen LogP contribution in [-0.2, 0) is 24.8 Å². The molecule has 0 unspecified atom stereocenters. The summed E-state index contributed by atoms with van der Waals surface area (Å²) in [7, 11) is -7.98. The van der Waals surface area contributed by atoms with Crippen LogP contribution in [-0.4, -0.2) is 29.3 Å². The van der Waals surface area contributed by atoms with Gasteiger partial charge < -0.3 is 5.32 Å². The van der Waals surface area contributed by atoms with Crippen molar-refractivity contribution in [2.45, 2.75) is 23.6 Å². The van der Waals surface area contributed by atoms with Crippen molar-refractivity contribution in [2.24, 2.45) is 0 Å². The van der Waals surface area contributed by atoms with Crippen molar-refractivity contribution in [1.29, 1.82) is 0 Å². The largest absolute Gasteiger partial charge is 0.325 e. The van der Waals surface area contributed by atoms with E-state index in [1.165, 1.54) is 36.4 Å². The topological polar surface area (TPSA) is 113 Å². The van der Waals surface area contributed by atoms with E-state index in [9.17, 15) is 21.6 Å². The molecule has 0 aromatic heterocycles. The number of fused-ring (bicyclic) bond motifs is 1. The molecule has 0 aliphatic carbocycles. The molecule has 0 aliphatic rings. The number of hydrogen-bond acceptors (Lipinski definition) is 5. The standard InChI is InChI=1S/C32H29N3O5S2/c1-23-10-8-17-31(24(23)2)35(42(39,40)28-13-4-3-5-14-28)22-32(36)33-26-18-20-27(21-19-26)41(37,38)34-30-16-9-12-25-11-6-7-15-29(25)30/h3-21,34H,22H2,1-2H3,(H,33,36). The van der Waals surface area contributed by atoms with Crippen molar-refractivity contribution in [3.8, 4) is 0 Å². The van der Waals surface area contributed by atoms with Crippen LogP contribution < -0.4 is 14.3 Å². The number of aryl methyl sites for hydroxylation is 1. The predicted molar refractivity (Wildman–Crippen MR) is 167 cm³/mol. The summed E-state index contributed by atoms with van der Waals surface area (Å²) in [5, 5.41) is 4.36. The van der Waals surface area contributed by atoms with Crippen LogP contribution in [0, 0.1) is 13.8 Å². The van der Waals surface area contributed by atoms with E-state index in [0.29, 0.717) is 17.1 Å². The third kappa shape index (κ3) is 6.00. The van der Waals surface area contributed by atoms with Crippen LogP contribution in [0.2, 0.25) is 0 Å². The first kappa shape index (κ1) is 28.8. The van der Waals surface area contributed by atoms with Crippen LogP contribution in [0.1, 0.15) is 11.1 Å². The molecule has 10 heteroatoms. The van der Waals surface area contributed by atoms with E-state index in [4.69, 9.17) is 0 Å². The Morgan fingerprint density at radius 1 is 0.690 bits per heavy atom. The van der Waals surface area contributed by atoms with Crippen molar-refractivity contribution in [1.82, 2.24) is 0 Å². The maximum atomic E-state index is 13.6. The van der Waals surface area contributed by atoms with Gasteiger partial charge in [0.1, 0.15) is 6.54 Å². The summed E-state index contributed by atoms with van der Waals surface area (Å²) in [5.74, 6) is -0.583. The van der Waals surface area contributed by atoms with Crippen LogP contribution in [0.4, 0.5) is 17.1 Å². The molecule has 0 heterocycles. The maximum Gasteiger partial charge on any atom is 0.264 e. The molecule has 0 saturated carbocycles. The first-order valence-electron chi connectivity index (χ1n) is 13.1. The van der Waals surface area contributed by atoms with E-state index < -0.39 is 32.5 Å². The fourth-order valence-corrected chi connectivity index (χ4v) is 7.17. The molecule has 0 radical (unpaired) electrons. The molecule has 0 bridgehead atoms. The first-order chi connectivity index (χ1) is 20.1. The van der Waals surface area contributed by atoms with E-state index >= 15 is 0 Å². The van der Waals surface area contributed by atoms with Crippen molar-refractivity contribution < 1.29 is 21.6 Å². The molecule has 5 aromatic rings. The fraction of sp³-hybridized carbons (Fsp3) is 0.0938. The van der Waals surface area contributed by atoms with Crippen LogP contribution in [0.5, 0.6) is 0 Å². The molecular formula is C32H29N3O5S2. The lowest BCUT2D eigenvalue weighted by Gasteiger charge is -2.26. The van der Waals surface area contributed by atoms with Crippen LogP contribution in [0.15, 0.2) is 125 Å². The van der Waals surface area contributed by atoms with E-state index in [-0.39, 0.29) is 9.79 Å². The van der Waals surface area contributed by atoms with Gasteiger partial charge in [0.2, 0.25) is 5.91 Å². The molecular weight excluding hydrogens is 571 g/mol. The number of carbonyl (C=O) groups is 1. The number of benzene rings is 5. The normalized spacial score (nSPS) is 11.7. The van der Waals surface area contributed by atoms with Gasteiger partial charge >= 0.3 is 0 Å². The van der Waals surface area contributed by atoms with Crippen molar-refractivity contribution in [3.63, 3.8) is 0 Å². The second-order valence-electron chi connectivity index (χ2n) is 9.75. The van der Waals surface area contributed by atoms with Gasteiger partial charge in [0.25, 0.3) is 20.0 Å². The van der Waals surface area contributed by atoms with Gasteiger partial charge in [-0.2, -0.15) is 0 Å². The minimum Gasteiger partial charge on any atom is -0.325 e. The number of carbonyl (C=O) groups excluding carboxylic acids is 1. The summed E-state index contributed by atoms with van der Waals surface area (Å²) < 4.78 is 57.2. The molecule has 0 atom stereocenters. The van der Waals surface area contributed by atoms with Gasteiger partial charge in [-0.25, -0.2) is 16.8 Å². The minimum atomic E-state index is -4.07. The summed E-state index contributed by atoms with van der Waals surface area (Å²) in [6.07, 6.45) is 0. The van der Waals surface area contributed by atoms with E-state index in [1.54, 1.807) is 42.5 Å². The summed E-state index contributed by atoms with van der Waals surface area (Å²) in [6, 6.07) is 31.7. The van der Waals surface area contributed by atoms with Crippen LogP contribution >= 0.6 is 0 Å². The lowest BCUT2D eigenvalue weighted by atomic mass is 10.1. The summed E-state index contributed by atoms with van der Waals surface area (Å²) in [4.78, 5) is 13.2. The Hall–Kier alpha value is -4.67. The molecule has 1 amide bonds. The molecule has 5 rings (SSSR count). The van der Waals surface area contributed by atoms with Gasteiger partial charge in [-0.15, -0.1) is 0 Å². The van der Waals surface area contributed by atoms with Gasteiger partial charge in [0.05, 0.1) is 21.2 Å². The third-order valence-corrected chi connectivity index (χ3v) is 10.1. The second-order valence-corrected chi connectivity index (χ2v) is 13.3. The van der Waals surface area contributed by atoms with E-state index in [0.717, 1.165) is 26.2 Å². The minimum absolute atomic E-state index is 0.0112. The summed E-state index contributed by atoms with van der Waals surface area (Å²) in [6.45, 7) is 3.20. The predicted octanol–water partition coefficient (Wildman–Crippen LogP) is 6.09. The highest BCUT2D eigenvalue weighted by atomic mass is 32.2. The smallest absolute Gasteiger partial charge is 0.264 e. The molecule has 8 nitrogen and oxygen atoms in total. The highest BCUT2D eigenvalue weighted by molar-refractivity contribution is 7.93. The second kappa shape index (κ2) is 11.7. The van der Waals surface area contributed by atoms with Crippen molar-refractivity contribution in [3.05, 3.63) is 126 Å². The zero-order chi connectivity index (χ0) is 29.9. The quantitative estimate of drug-likeness (QED) is 0.213. The Balaban J connectivity index is 1.36. The number of rotatable bonds is 9. The first-order valence-corrected chi connectivity index (χ1v) is 16.0. The molecule has 5 aromatic carbocycles. The molecule has 0 fully saturated rings. The van der Waals surface area contributed by atoms with Gasteiger partial charge in [0, 0.05) is 11.1 Å². The Kier molecular flexibility index (Phi) is 8.02.